The maximum atomic E-state index is 13.2. The van der Waals surface area contributed by atoms with E-state index in [0.717, 1.165) is 25.7 Å². The lowest BCUT2D eigenvalue weighted by Gasteiger charge is -2.61. The van der Waals surface area contributed by atoms with Crippen molar-refractivity contribution in [1.29, 1.82) is 0 Å². The molecule has 0 aromatic carbocycles. The highest BCUT2D eigenvalue weighted by Crippen LogP contribution is 2.68. The van der Waals surface area contributed by atoms with Crippen LogP contribution >= 0.6 is 0 Å². The van der Waals surface area contributed by atoms with Gasteiger partial charge in [-0.25, -0.2) is 0 Å². The predicted octanol–water partition coefficient (Wildman–Crippen LogP) is 3.83. The molecule has 3 rings (SSSR count). The summed E-state index contributed by atoms with van der Waals surface area (Å²) in [6, 6.07) is 0. The van der Waals surface area contributed by atoms with Gasteiger partial charge in [0.1, 0.15) is 5.78 Å². The molecule has 0 aliphatic heterocycles. The standard InChI is InChI=1S/C20H34O3/c1-12-7-9-20-10-8-14(23-6)16(20)19(12,5)15(21)11-18(3,4)17(22)13(20)2/h12-16,21H,7-11H2,1-6H3/t12-,13+,14?,15-,16?,19+,20?/m1/s1. The fraction of sp³-hybridized carbons (Fsp3) is 0.950. The zero-order valence-corrected chi connectivity index (χ0v) is 15.7. The van der Waals surface area contributed by atoms with E-state index in [2.05, 4.69) is 20.8 Å². The summed E-state index contributed by atoms with van der Waals surface area (Å²) in [7, 11) is 1.80. The van der Waals surface area contributed by atoms with Crippen LogP contribution in [-0.2, 0) is 9.53 Å². The van der Waals surface area contributed by atoms with Gasteiger partial charge < -0.3 is 9.84 Å². The summed E-state index contributed by atoms with van der Waals surface area (Å²) in [6.07, 6.45) is 4.60. The van der Waals surface area contributed by atoms with Crippen molar-refractivity contribution in [2.24, 2.45) is 34.0 Å². The van der Waals surface area contributed by atoms with Gasteiger partial charge in [-0.3, -0.25) is 4.79 Å². The summed E-state index contributed by atoms with van der Waals surface area (Å²) < 4.78 is 5.88. The summed E-state index contributed by atoms with van der Waals surface area (Å²) >= 11 is 0. The van der Waals surface area contributed by atoms with Gasteiger partial charge in [0.2, 0.25) is 0 Å². The van der Waals surface area contributed by atoms with Crippen LogP contribution in [0.4, 0.5) is 0 Å². The summed E-state index contributed by atoms with van der Waals surface area (Å²) in [5.74, 6) is 1.15. The monoisotopic (exact) mass is 322 g/mol. The van der Waals surface area contributed by atoms with Gasteiger partial charge in [-0.05, 0) is 49.4 Å². The van der Waals surface area contributed by atoms with Crippen molar-refractivity contribution in [3.63, 3.8) is 0 Å². The smallest absolute Gasteiger partial charge is 0.141 e. The second-order valence-electron chi connectivity index (χ2n) is 9.52. The first-order valence-corrected chi connectivity index (χ1v) is 9.36. The van der Waals surface area contributed by atoms with Crippen molar-refractivity contribution in [1.82, 2.24) is 0 Å². The third kappa shape index (κ3) is 2.12. The number of hydrogen-bond donors (Lipinski definition) is 1. The van der Waals surface area contributed by atoms with E-state index in [1.165, 1.54) is 0 Å². The van der Waals surface area contributed by atoms with Crippen LogP contribution in [0, 0.1) is 34.0 Å². The molecule has 0 aromatic heterocycles. The van der Waals surface area contributed by atoms with E-state index in [1.807, 2.05) is 13.8 Å². The Hall–Kier alpha value is -0.410. The van der Waals surface area contributed by atoms with Crippen molar-refractivity contribution in [3.05, 3.63) is 0 Å². The van der Waals surface area contributed by atoms with E-state index in [4.69, 9.17) is 4.74 Å². The van der Waals surface area contributed by atoms with Gasteiger partial charge in [0.25, 0.3) is 0 Å². The minimum Gasteiger partial charge on any atom is -0.393 e. The average Bonchev–Trinajstić information content (AvgIpc) is 2.89. The second kappa shape index (κ2) is 5.29. The molecule has 3 saturated carbocycles. The molecule has 0 radical (unpaired) electrons. The third-order valence-electron chi connectivity index (χ3n) is 8.31. The van der Waals surface area contributed by atoms with Gasteiger partial charge in [-0.2, -0.15) is 0 Å². The van der Waals surface area contributed by atoms with E-state index in [0.29, 0.717) is 18.1 Å². The minimum absolute atomic E-state index is 0.0116. The quantitative estimate of drug-likeness (QED) is 0.798. The van der Waals surface area contributed by atoms with Crippen LogP contribution in [0.5, 0.6) is 0 Å². The molecule has 3 unspecified atom stereocenters. The third-order valence-corrected chi connectivity index (χ3v) is 8.31. The lowest BCUT2D eigenvalue weighted by molar-refractivity contribution is -0.190. The number of ketones is 1. The van der Waals surface area contributed by atoms with Crippen molar-refractivity contribution >= 4 is 5.78 Å². The fourth-order valence-corrected chi connectivity index (χ4v) is 6.65. The van der Waals surface area contributed by atoms with Gasteiger partial charge in [-0.15, -0.1) is 0 Å². The zero-order valence-electron chi connectivity index (χ0n) is 15.7. The molecule has 3 nitrogen and oxygen atoms in total. The fourth-order valence-electron chi connectivity index (χ4n) is 6.65. The SMILES string of the molecule is COC1CCC23CC[C@@H](C)[C@](C)(C12)[C@H](O)CC(C)(C)C(=O)[C@@H]3C. The van der Waals surface area contributed by atoms with Crippen LogP contribution in [0.25, 0.3) is 0 Å². The Labute approximate surface area is 141 Å². The molecule has 132 valence electrons. The largest absolute Gasteiger partial charge is 0.393 e. The van der Waals surface area contributed by atoms with Gasteiger partial charge in [0.15, 0.2) is 0 Å². The summed E-state index contributed by atoms with van der Waals surface area (Å²) in [5, 5.41) is 11.2. The van der Waals surface area contributed by atoms with Gasteiger partial charge >= 0.3 is 0 Å². The van der Waals surface area contributed by atoms with E-state index < -0.39 is 11.5 Å². The molecule has 0 spiro atoms. The van der Waals surface area contributed by atoms with Crippen molar-refractivity contribution in [3.8, 4) is 0 Å². The number of ether oxygens (including phenoxy) is 1. The molecule has 23 heavy (non-hydrogen) atoms. The lowest BCUT2D eigenvalue weighted by Crippen LogP contribution is -2.62. The molecule has 7 atom stereocenters. The molecular weight excluding hydrogens is 288 g/mol. The Morgan fingerprint density at radius 3 is 2.35 bits per heavy atom. The summed E-state index contributed by atoms with van der Waals surface area (Å²) in [6.45, 7) is 10.8. The Balaban J connectivity index is 2.19. The number of carbonyl (C=O) groups excluding carboxylic acids is 1. The zero-order chi connectivity index (χ0) is 17.2. The summed E-state index contributed by atoms with van der Waals surface area (Å²) in [4.78, 5) is 13.2. The van der Waals surface area contributed by atoms with Crippen molar-refractivity contribution in [2.75, 3.05) is 7.11 Å². The first-order chi connectivity index (χ1) is 10.6. The van der Waals surface area contributed by atoms with E-state index in [9.17, 15) is 9.90 Å². The molecule has 3 heteroatoms. The van der Waals surface area contributed by atoms with Crippen LogP contribution < -0.4 is 0 Å². The first kappa shape index (κ1) is 17.4. The maximum absolute atomic E-state index is 13.2. The molecule has 2 bridgehead atoms. The number of rotatable bonds is 1. The molecule has 0 aromatic rings. The molecular formula is C20H34O3. The molecule has 3 aliphatic carbocycles. The van der Waals surface area contributed by atoms with Crippen LogP contribution in [-0.4, -0.2) is 30.2 Å². The second-order valence-corrected chi connectivity index (χ2v) is 9.52. The van der Waals surface area contributed by atoms with Crippen LogP contribution in [0.2, 0.25) is 0 Å². The molecule has 3 fully saturated rings. The highest BCUT2D eigenvalue weighted by Gasteiger charge is 2.67. The molecule has 0 amide bonds. The van der Waals surface area contributed by atoms with E-state index in [-0.39, 0.29) is 28.8 Å². The van der Waals surface area contributed by atoms with Crippen LogP contribution in [0.15, 0.2) is 0 Å². The molecule has 0 saturated heterocycles. The van der Waals surface area contributed by atoms with Crippen LogP contribution in [0.1, 0.15) is 66.7 Å². The van der Waals surface area contributed by atoms with E-state index in [1.54, 1.807) is 7.11 Å². The first-order valence-electron chi connectivity index (χ1n) is 9.36. The Kier molecular flexibility index (Phi) is 4.01. The number of carbonyl (C=O) groups is 1. The highest BCUT2D eigenvalue weighted by molar-refractivity contribution is 5.87. The topological polar surface area (TPSA) is 46.5 Å². The average molecular weight is 322 g/mol. The Morgan fingerprint density at radius 2 is 1.74 bits per heavy atom. The van der Waals surface area contributed by atoms with Gasteiger partial charge in [-0.1, -0.05) is 34.6 Å². The van der Waals surface area contributed by atoms with Crippen molar-refractivity contribution in [2.45, 2.75) is 78.9 Å². The number of aliphatic hydroxyl groups is 1. The molecule has 0 heterocycles. The highest BCUT2D eigenvalue weighted by atomic mass is 16.5. The van der Waals surface area contributed by atoms with Crippen LogP contribution in [0.3, 0.4) is 0 Å². The number of Topliss-reactive ketones (excluding diaryl/α,β-unsaturated/α-hetero) is 1. The summed E-state index contributed by atoms with van der Waals surface area (Å²) in [5.41, 5.74) is -0.598. The predicted molar refractivity (Wildman–Crippen MR) is 91.0 cm³/mol. The maximum Gasteiger partial charge on any atom is 0.141 e. The normalized spacial score (nSPS) is 52.7. The number of methoxy groups -OCH3 is 1. The number of hydrogen-bond acceptors (Lipinski definition) is 3. The minimum atomic E-state index is -0.444. The molecule has 1 N–H and O–H groups in total. The Morgan fingerprint density at radius 1 is 1.13 bits per heavy atom. The van der Waals surface area contributed by atoms with Crippen molar-refractivity contribution < 1.29 is 14.6 Å². The van der Waals surface area contributed by atoms with Gasteiger partial charge in [0.05, 0.1) is 12.2 Å². The molecule has 3 aliphatic rings. The lowest BCUT2D eigenvalue weighted by atomic mass is 9.44. The van der Waals surface area contributed by atoms with Gasteiger partial charge in [0, 0.05) is 23.9 Å². The number of aliphatic hydroxyl groups excluding tert-OH is 1. The van der Waals surface area contributed by atoms with E-state index >= 15 is 0 Å². The Bertz CT molecular complexity index is 499.